The van der Waals surface area contributed by atoms with Gasteiger partial charge in [-0.2, -0.15) is 0 Å². The van der Waals surface area contributed by atoms with E-state index < -0.39 is 0 Å². The minimum Gasteiger partial charge on any atom is -0.397 e. The molecule has 0 amide bonds. The zero-order chi connectivity index (χ0) is 9.42. The molecule has 1 fully saturated rings. The van der Waals surface area contributed by atoms with Crippen molar-refractivity contribution in [1.29, 1.82) is 0 Å². The van der Waals surface area contributed by atoms with E-state index in [9.17, 15) is 0 Å². The van der Waals surface area contributed by atoms with Crippen molar-refractivity contribution in [3.63, 3.8) is 0 Å². The number of nitrogen functional groups attached to an aromatic ring is 1. The van der Waals surface area contributed by atoms with E-state index in [4.69, 9.17) is 5.73 Å². The Kier molecular flexibility index (Phi) is 2.20. The molecule has 0 spiro atoms. The van der Waals surface area contributed by atoms with Crippen LogP contribution in [0.15, 0.2) is 22.7 Å². The van der Waals surface area contributed by atoms with Crippen molar-refractivity contribution in [2.75, 3.05) is 17.2 Å². The lowest BCUT2D eigenvalue weighted by Gasteiger charge is -2.41. The summed E-state index contributed by atoms with van der Waals surface area (Å²) in [6.45, 7) is 3.36. The summed E-state index contributed by atoms with van der Waals surface area (Å²) >= 11 is 3.40. The molecule has 0 aromatic heterocycles. The van der Waals surface area contributed by atoms with Gasteiger partial charge in [0.15, 0.2) is 0 Å². The quantitative estimate of drug-likeness (QED) is 0.766. The standard InChI is InChI=1S/C10H13BrN2/c1-7-4-5-13(7)10-3-2-8(11)6-9(10)12/h2-3,6-7H,4-5,12H2,1H3. The third-order valence-electron chi connectivity index (χ3n) is 2.62. The second-order valence-corrected chi connectivity index (χ2v) is 4.45. The molecule has 1 saturated heterocycles. The number of rotatable bonds is 1. The number of nitrogens with zero attached hydrogens (tertiary/aromatic N) is 1. The summed E-state index contributed by atoms with van der Waals surface area (Å²) in [5.41, 5.74) is 7.95. The highest BCUT2D eigenvalue weighted by atomic mass is 79.9. The van der Waals surface area contributed by atoms with Crippen molar-refractivity contribution in [3.8, 4) is 0 Å². The van der Waals surface area contributed by atoms with Crippen LogP contribution < -0.4 is 10.6 Å². The molecule has 0 radical (unpaired) electrons. The molecule has 1 aromatic rings. The maximum Gasteiger partial charge on any atom is 0.0603 e. The molecular formula is C10H13BrN2. The fourth-order valence-corrected chi connectivity index (χ4v) is 2.04. The summed E-state index contributed by atoms with van der Waals surface area (Å²) in [4.78, 5) is 2.34. The zero-order valence-electron chi connectivity index (χ0n) is 7.63. The van der Waals surface area contributed by atoms with Crippen molar-refractivity contribution >= 4 is 27.3 Å². The van der Waals surface area contributed by atoms with Crippen molar-refractivity contribution in [1.82, 2.24) is 0 Å². The first-order valence-corrected chi connectivity index (χ1v) is 5.29. The monoisotopic (exact) mass is 240 g/mol. The zero-order valence-corrected chi connectivity index (χ0v) is 9.21. The van der Waals surface area contributed by atoms with Crippen molar-refractivity contribution in [2.24, 2.45) is 0 Å². The van der Waals surface area contributed by atoms with E-state index in [2.05, 4.69) is 33.8 Å². The van der Waals surface area contributed by atoms with Crippen LogP contribution in [0.2, 0.25) is 0 Å². The Labute approximate surface area is 86.9 Å². The van der Waals surface area contributed by atoms with Gasteiger partial charge < -0.3 is 10.6 Å². The Morgan fingerprint density at radius 3 is 2.77 bits per heavy atom. The van der Waals surface area contributed by atoms with E-state index in [0.717, 1.165) is 16.7 Å². The molecule has 3 heteroatoms. The lowest BCUT2D eigenvalue weighted by molar-refractivity contribution is 0.482. The Bertz CT molecular complexity index is 325. The number of benzene rings is 1. The van der Waals surface area contributed by atoms with Crippen molar-refractivity contribution in [2.45, 2.75) is 19.4 Å². The second kappa shape index (κ2) is 3.22. The summed E-state index contributed by atoms with van der Waals surface area (Å²) in [6, 6.07) is 6.72. The van der Waals surface area contributed by atoms with E-state index in [1.807, 2.05) is 12.1 Å². The van der Waals surface area contributed by atoms with Gasteiger partial charge in [-0.15, -0.1) is 0 Å². The molecule has 0 aliphatic carbocycles. The van der Waals surface area contributed by atoms with Gasteiger partial charge in [0, 0.05) is 17.1 Å². The van der Waals surface area contributed by atoms with E-state index >= 15 is 0 Å². The second-order valence-electron chi connectivity index (χ2n) is 3.53. The molecule has 1 aliphatic rings. The molecule has 0 bridgehead atoms. The molecule has 1 aliphatic heterocycles. The summed E-state index contributed by atoms with van der Waals surface area (Å²) in [6.07, 6.45) is 1.27. The maximum atomic E-state index is 5.92. The third-order valence-corrected chi connectivity index (χ3v) is 3.11. The van der Waals surface area contributed by atoms with Crippen LogP contribution in [-0.4, -0.2) is 12.6 Å². The lowest BCUT2D eigenvalue weighted by Crippen LogP contribution is -2.46. The molecule has 1 unspecified atom stereocenters. The Hall–Kier alpha value is -0.700. The molecule has 0 saturated carbocycles. The van der Waals surface area contributed by atoms with Gasteiger partial charge in [0.05, 0.1) is 11.4 Å². The first-order chi connectivity index (χ1) is 6.18. The highest BCUT2D eigenvalue weighted by molar-refractivity contribution is 9.10. The summed E-state index contributed by atoms with van der Waals surface area (Å²) < 4.78 is 1.04. The van der Waals surface area contributed by atoms with E-state index in [-0.39, 0.29) is 0 Å². The van der Waals surface area contributed by atoms with Crippen LogP contribution >= 0.6 is 15.9 Å². The lowest BCUT2D eigenvalue weighted by atomic mass is 10.0. The summed E-state index contributed by atoms with van der Waals surface area (Å²) in [5, 5.41) is 0. The van der Waals surface area contributed by atoms with Crippen LogP contribution in [0.1, 0.15) is 13.3 Å². The van der Waals surface area contributed by atoms with Crippen molar-refractivity contribution in [3.05, 3.63) is 22.7 Å². The molecule has 2 N–H and O–H groups in total. The molecule has 1 aromatic carbocycles. The van der Waals surface area contributed by atoms with Gasteiger partial charge in [0.1, 0.15) is 0 Å². The Balaban J connectivity index is 2.30. The van der Waals surface area contributed by atoms with Crippen LogP contribution in [0.4, 0.5) is 11.4 Å². The van der Waals surface area contributed by atoms with Crippen molar-refractivity contribution < 1.29 is 0 Å². The SMILES string of the molecule is CC1CCN1c1ccc(Br)cc1N. The van der Waals surface area contributed by atoms with Crippen LogP contribution in [-0.2, 0) is 0 Å². The number of nitrogens with two attached hydrogens (primary N) is 1. The van der Waals surface area contributed by atoms with E-state index in [0.29, 0.717) is 6.04 Å². The Morgan fingerprint density at radius 2 is 2.31 bits per heavy atom. The molecular weight excluding hydrogens is 228 g/mol. The number of hydrogen-bond acceptors (Lipinski definition) is 2. The van der Waals surface area contributed by atoms with Gasteiger partial charge in [-0.25, -0.2) is 0 Å². The van der Waals surface area contributed by atoms with Gasteiger partial charge in [0.25, 0.3) is 0 Å². The average Bonchev–Trinajstić information content (AvgIpc) is 2.07. The highest BCUT2D eigenvalue weighted by Crippen LogP contribution is 2.32. The molecule has 70 valence electrons. The van der Waals surface area contributed by atoms with E-state index in [1.165, 1.54) is 12.1 Å². The number of hydrogen-bond donors (Lipinski definition) is 1. The van der Waals surface area contributed by atoms with Gasteiger partial charge in [-0.3, -0.25) is 0 Å². The van der Waals surface area contributed by atoms with Crippen LogP contribution in [0.25, 0.3) is 0 Å². The summed E-state index contributed by atoms with van der Waals surface area (Å²) in [7, 11) is 0. The van der Waals surface area contributed by atoms with Gasteiger partial charge in [-0.05, 0) is 31.5 Å². The van der Waals surface area contributed by atoms with Gasteiger partial charge in [0.2, 0.25) is 0 Å². The summed E-state index contributed by atoms with van der Waals surface area (Å²) in [5.74, 6) is 0. The molecule has 2 nitrogen and oxygen atoms in total. The average molecular weight is 241 g/mol. The first-order valence-electron chi connectivity index (χ1n) is 4.50. The smallest absolute Gasteiger partial charge is 0.0603 e. The van der Waals surface area contributed by atoms with Gasteiger partial charge >= 0.3 is 0 Å². The fourth-order valence-electron chi connectivity index (χ4n) is 1.66. The number of anilines is 2. The topological polar surface area (TPSA) is 29.3 Å². The fraction of sp³-hybridized carbons (Fsp3) is 0.400. The van der Waals surface area contributed by atoms with E-state index in [1.54, 1.807) is 0 Å². The maximum absolute atomic E-state index is 5.92. The minimum atomic E-state index is 0.642. The largest absolute Gasteiger partial charge is 0.397 e. The van der Waals surface area contributed by atoms with Crippen LogP contribution in [0.5, 0.6) is 0 Å². The van der Waals surface area contributed by atoms with Crippen LogP contribution in [0, 0.1) is 0 Å². The third kappa shape index (κ3) is 1.53. The normalized spacial score (nSPS) is 21.4. The highest BCUT2D eigenvalue weighted by Gasteiger charge is 2.24. The van der Waals surface area contributed by atoms with Gasteiger partial charge in [-0.1, -0.05) is 15.9 Å². The predicted molar refractivity (Wildman–Crippen MR) is 60.0 cm³/mol. The Morgan fingerprint density at radius 1 is 1.54 bits per heavy atom. The molecule has 13 heavy (non-hydrogen) atoms. The molecule has 1 atom stereocenters. The molecule has 1 heterocycles. The molecule has 2 rings (SSSR count). The predicted octanol–water partition coefficient (Wildman–Crippen LogP) is 2.63. The van der Waals surface area contributed by atoms with Crippen LogP contribution in [0.3, 0.4) is 0 Å². The first kappa shape index (κ1) is 8.88. The minimum absolute atomic E-state index is 0.642. The number of halogens is 1.